The second kappa shape index (κ2) is 63.1. The topological polar surface area (TPSA) is 377 Å². The molecule has 646 valence electrons. The Kier molecular flexibility index (Phi) is 59.3. The Morgan fingerprint density at radius 3 is 1.50 bits per heavy atom. The second-order valence-electron chi connectivity index (χ2n) is 29.4. The first-order valence-electron chi connectivity index (χ1n) is 41.5. The minimum absolute atomic E-state index is 0. The largest absolute Gasteiger partial charge is 1.00 e. The average molecular weight is 1680 g/mol. The number of unbranched alkanes of at least 4 members (excludes halogenated alkanes) is 16. The molecule has 1 aliphatic rings. The third-order valence-electron chi connectivity index (χ3n) is 19.4. The molecule has 11 N–H and O–H groups in total. The van der Waals surface area contributed by atoms with Crippen LogP contribution >= 0.6 is 34.0 Å². The molecule has 0 fully saturated rings. The maximum Gasteiger partial charge on any atom is 0.270 e. The van der Waals surface area contributed by atoms with Gasteiger partial charge in [0.2, 0.25) is 10.5 Å². The van der Waals surface area contributed by atoms with E-state index in [1.165, 1.54) is 117 Å². The van der Waals surface area contributed by atoms with E-state index in [1.807, 2.05) is 37.8 Å². The van der Waals surface area contributed by atoms with Crippen molar-refractivity contribution in [2.24, 2.45) is 0 Å². The van der Waals surface area contributed by atoms with Crippen LogP contribution < -0.4 is 48.4 Å². The fourth-order valence-electron chi connectivity index (χ4n) is 12.2. The van der Waals surface area contributed by atoms with Crippen LogP contribution in [0.5, 0.6) is 0 Å². The zero-order valence-corrected chi connectivity index (χ0v) is 75.7. The van der Waals surface area contributed by atoms with Gasteiger partial charge in [-0.05, 0) is 117 Å². The number of carbonyl (C=O) groups excluding carboxylic acids is 5. The highest BCUT2D eigenvalue weighted by atomic mass is 35.5. The van der Waals surface area contributed by atoms with Gasteiger partial charge in [0.15, 0.2) is 53.9 Å². The number of ketones is 4. The van der Waals surface area contributed by atoms with Crippen molar-refractivity contribution < 1.29 is 80.7 Å². The van der Waals surface area contributed by atoms with Gasteiger partial charge in [-0.3, -0.25) is 14.4 Å². The van der Waals surface area contributed by atoms with Crippen LogP contribution in [0.25, 0.3) is 0 Å². The van der Waals surface area contributed by atoms with E-state index in [9.17, 15) is 49.5 Å². The highest BCUT2D eigenvalue weighted by molar-refractivity contribution is 7.11. The molecule has 0 bridgehead atoms. The van der Waals surface area contributed by atoms with Crippen LogP contribution in [0.4, 0.5) is 17.5 Å². The lowest BCUT2D eigenvalue weighted by atomic mass is 9.92. The number of rotatable bonds is 45. The molecule has 27 heteroatoms. The normalized spacial score (nSPS) is 12.3. The lowest BCUT2D eigenvalue weighted by molar-refractivity contribution is -0.709. The number of allylic oxidation sites excluding steroid dienone is 4. The molecule has 0 amide bonds. The first-order valence-corrected chi connectivity index (χ1v) is 44.0. The van der Waals surface area contributed by atoms with Gasteiger partial charge in [0.05, 0.1) is 37.1 Å². The molecule has 0 spiro atoms. The van der Waals surface area contributed by atoms with Crippen molar-refractivity contribution in [3.05, 3.63) is 136 Å². The number of halogens is 1. The summed E-state index contributed by atoms with van der Waals surface area (Å²) in [6.07, 6.45) is 39.9. The monoisotopic (exact) mass is 1680 g/mol. The Balaban J connectivity index is 0.00000140. The van der Waals surface area contributed by atoms with E-state index in [2.05, 4.69) is 87.2 Å². The predicted molar refractivity (Wildman–Crippen MR) is 461 cm³/mol. The molecule has 2 atom stereocenters. The number of aldehydes is 1. The first-order chi connectivity index (χ1) is 54.4. The number of aromatic nitrogens is 9. The number of nitrogens with zero attached hydrogens (tertiary/aromatic N) is 9. The minimum Gasteiger partial charge on any atom is -1.00 e. The van der Waals surface area contributed by atoms with Crippen molar-refractivity contribution in [1.29, 1.82) is 0 Å². The molecule has 0 saturated carbocycles. The number of anilines is 3. The fraction of sp³-hybridized carbons (Fsp3) is 0.636. The average Bonchev–Trinajstić information content (AvgIpc) is 1.65. The molecule has 2 unspecified atom stereocenters. The highest BCUT2D eigenvalue weighted by Gasteiger charge is 2.41. The highest BCUT2D eigenvalue weighted by Crippen LogP contribution is 2.36. The molecule has 0 radical (unpaired) electrons. The predicted octanol–water partition coefficient (Wildman–Crippen LogP) is 12.7. The second-order valence-corrected chi connectivity index (χ2v) is 32.5. The van der Waals surface area contributed by atoms with Crippen LogP contribution in [0.15, 0.2) is 59.7 Å². The SMILES string of the molecule is C=CC(C)=O.CCCCCCC(=O)CCC(C)=O.CCCCCCC(O)(C/C=C(/C)O)c1sc(CCO)c(C)[n+]1Cc1cnc(C)nc1N.CCCCCCC([O-])c1sc(CCO)c(C)[n+]1Cc1cnc(C)nc1N.CCCCCCC1=C(C)CCC1=O.CCCCCCC=O.Cc1ncc(C[n+]2csc(CCO)c2C)c(N)n1.[Cl-]. The Labute approximate surface area is 706 Å². The quantitative estimate of drug-likeness (QED) is 0.00579. The third kappa shape index (κ3) is 43.9. The fourth-order valence-corrected chi connectivity index (χ4v) is 15.9. The summed E-state index contributed by atoms with van der Waals surface area (Å²) in [5.74, 6) is 4.33. The van der Waals surface area contributed by atoms with Crippen molar-refractivity contribution in [3.63, 3.8) is 0 Å². The number of hydrogen-bond donors (Lipinski definition) is 8. The van der Waals surface area contributed by atoms with Gasteiger partial charge < -0.3 is 69.8 Å². The maximum atomic E-state index is 12.9. The molecule has 0 aliphatic heterocycles. The standard InChI is InChI=1S/C23H36N4O3S.C19H30N4O2S.C12H17N4OS.C12H20O.C11H20O2.C7H14O.C4H6O.ClH/c1-5-6-7-8-11-23(30,12-9-16(2)29)22-27(17(3)20(31-22)10-13-28)15-19-14-25-18(4)26-21(19)24;1-4-5-6-7-8-16(25)19-23(13(2)17(26-19)9-10-24)12-15-11-21-14(3)22-18(15)20;1-8-11(3-4-17)18-7-16(8)6-10-5-14-9(2)15-12(10)13;1-3-4-5-6-7-11-10(2)8-9-12(11)13;1-3-4-5-6-7-11(13)9-8-10(2)12;1-2-3-4-5-6-7-8;1-3-4(2)5;/h9,14,28,30H,5-8,10-13,15H2,1-4H3,(H2-,24,25,26,29);11,16,24H,4-10,12H2,1-3H3,(H2,20,21,22);5,7,17H,3-4,6H2,1-2H3,(H2,13,14,15);2*3-9H2,1-2H3;7H,2-6H2,1H3;3H,1H2,2H3;1H/q;;+1;;;;;/b16-9-;;;;;;;. The van der Waals surface area contributed by atoms with Crippen LogP contribution in [-0.2, 0) is 68.5 Å². The van der Waals surface area contributed by atoms with E-state index in [0.29, 0.717) is 118 Å². The van der Waals surface area contributed by atoms with Gasteiger partial charge in [-0.15, -0.1) is 0 Å². The van der Waals surface area contributed by atoms with E-state index in [1.54, 1.807) is 56.8 Å². The number of hydrogen-bond acceptors (Lipinski definition) is 23. The number of nitrogen functional groups attached to an aromatic ring is 3. The Bertz CT molecular complexity index is 3850. The summed E-state index contributed by atoms with van der Waals surface area (Å²) in [6, 6.07) is 0. The number of carbonyl (C=O) groups is 5. The Morgan fingerprint density at radius 1 is 0.591 bits per heavy atom. The Hall–Kier alpha value is -7.01. The molecular formula is C88H144ClN12O11S3+. The number of aryl methyl sites for hydroxylation is 3. The van der Waals surface area contributed by atoms with Gasteiger partial charge in [0, 0.05) is 117 Å². The van der Waals surface area contributed by atoms with Crippen molar-refractivity contribution >= 4 is 80.9 Å². The van der Waals surface area contributed by atoms with Crippen molar-refractivity contribution in [2.75, 3.05) is 37.0 Å². The van der Waals surface area contributed by atoms with E-state index in [-0.39, 0.29) is 55.3 Å². The van der Waals surface area contributed by atoms with Crippen LogP contribution in [0.3, 0.4) is 0 Å². The van der Waals surface area contributed by atoms with E-state index in [0.717, 1.165) is 155 Å². The van der Waals surface area contributed by atoms with Crippen LogP contribution in [-0.4, -0.2) is 105 Å². The van der Waals surface area contributed by atoms with Gasteiger partial charge in [0.25, 0.3) is 5.01 Å². The van der Waals surface area contributed by atoms with Crippen LogP contribution in [0.2, 0.25) is 0 Å². The van der Waals surface area contributed by atoms with E-state index in [4.69, 9.17) is 22.3 Å². The molecule has 23 nitrogen and oxygen atoms in total. The molecule has 7 rings (SSSR count). The summed E-state index contributed by atoms with van der Waals surface area (Å²) in [4.78, 5) is 81.2. The number of nitrogens with two attached hydrogens (primary N) is 3. The number of Topliss-reactive ketones (excluding diaryl/α,β-unsaturated/α-hetero) is 3. The summed E-state index contributed by atoms with van der Waals surface area (Å²) < 4.78 is 6.22. The van der Waals surface area contributed by atoms with Gasteiger partial charge in [-0.25, -0.2) is 29.9 Å². The van der Waals surface area contributed by atoms with Gasteiger partial charge in [-0.2, -0.15) is 13.7 Å². The molecule has 6 heterocycles. The van der Waals surface area contributed by atoms with E-state index >= 15 is 0 Å². The van der Waals surface area contributed by atoms with Gasteiger partial charge >= 0.3 is 0 Å². The summed E-state index contributed by atoms with van der Waals surface area (Å²) in [5.41, 5.74) is 27.2. The van der Waals surface area contributed by atoms with Crippen molar-refractivity contribution in [1.82, 2.24) is 29.9 Å². The molecule has 1 aliphatic carbocycles. The van der Waals surface area contributed by atoms with Crippen LogP contribution in [0, 0.1) is 41.5 Å². The number of aliphatic hydroxyl groups is 5. The lowest BCUT2D eigenvalue weighted by Crippen LogP contribution is -3.00. The zero-order valence-electron chi connectivity index (χ0n) is 72.4. The lowest BCUT2D eigenvalue weighted by Gasteiger charge is -2.23. The molecular weight excluding hydrogens is 1530 g/mol. The molecule has 6 aromatic rings. The van der Waals surface area contributed by atoms with Crippen LogP contribution in [0.1, 0.15) is 337 Å². The third-order valence-corrected chi connectivity index (χ3v) is 23.5. The minimum atomic E-state index is -1.12. The maximum absolute atomic E-state index is 12.9. The first kappa shape index (κ1) is 108. The van der Waals surface area contributed by atoms with Gasteiger partial charge in [-0.1, -0.05) is 190 Å². The summed E-state index contributed by atoms with van der Waals surface area (Å²) in [6.45, 7) is 34.2. The molecule has 115 heavy (non-hydrogen) atoms. The summed E-state index contributed by atoms with van der Waals surface area (Å²) in [7, 11) is 0. The number of aliphatic hydroxyl groups excluding tert-OH is 4. The summed E-state index contributed by atoms with van der Waals surface area (Å²) in [5, 5.41) is 63.9. The number of thiazole rings is 3. The molecule has 6 aromatic heterocycles. The van der Waals surface area contributed by atoms with E-state index < -0.39 is 11.7 Å². The molecule has 0 saturated heterocycles. The zero-order chi connectivity index (χ0) is 85.6. The van der Waals surface area contributed by atoms with Gasteiger partial charge in [0.1, 0.15) is 52.8 Å². The Morgan fingerprint density at radius 2 is 1.04 bits per heavy atom. The molecule has 0 aromatic carbocycles. The smallest absolute Gasteiger partial charge is 0.270 e. The van der Waals surface area contributed by atoms with Crippen molar-refractivity contribution in [3.8, 4) is 0 Å². The summed E-state index contributed by atoms with van der Waals surface area (Å²) >= 11 is 4.69. The van der Waals surface area contributed by atoms with Crippen molar-refractivity contribution in [2.45, 2.75) is 347 Å².